The van der Waals surface area contributed by atoms with Crippen LogP contribution in [0.4, 0.5) is 5.69 Å². The molecule has 0 saturated carbocycles. The van der Waals surface area contributed by atoms with Crippen LogP contribution in [0.3, 0.4) is 0 Å². The van der Waals surface area contributed by atoms with Crippen molar-refractivity contribution >= 4 is 33.4 Å². The van der Waals surface area contributed by atoms with Crippen LogP contribution in [0.25, 0.3) is 0 Å². The summed E-state index contributed by atoms with van der Waals surface area (Å²) in [6.45, 7) is 5.77. The van der Waals surface area contributed by atoms with E-state index in [0.717, 1.165) is 10.9 Å². The Balaban J connectivity index is 2.00. The van der Waals surface area contributed by atoms with Gasteiger partial charge in [0.25, 0.3) is 11.8 Å². The first kappa shape index (κ1) is 22.9. The zero-order valence-corrected chi connectivity index (χ0v) is 18.5. The van der Waals surface area contributed by atoms with Gasteiger partial charge >= 0.3 is 0 Å². The Hall–Kier alpha value is -2.38. The zero-order chi connectivity index (χ0) is 21.2. The van der Waals surface area contributed by atoms with E-state index in [9.17, 15) is 9.59 Å². The summed E-state index contributed by atoms with van der Waals surface area (Å²) in [6.07, 6.45) is 0.962. The van der Waals surface area contributed by atoms with Crippen molar-refractivity contribution in [3.8, 4) is 5.75 Å². The molecule has 0 bridgehead atoms. The smallest absolute Gasteiger partial charge is 0.255 e. The van der Waals surface area contributed by atoms with Crippen molar-refractivity contribution in [2.75, 3.05) is 32.2 Å². The van der Waals surface area contributed by atoms with Crippen LogP contribution in [0, 0.1) is 5.92 Å². The molecule has 2 aromatic carbocycles. The molecule has 0 aliphatic heterocycles. The van der Waals surface area contributed by atoms with Crippen LogP contribution in [0.2, 0.25) is 0 Å². The van der Waals surface area contributed by atoms with Crippen molar-refractivity contribution in [3.63, 3.8) is 0 Å². The van der Waals surface area contributed by atoms with Gasteiger partial charge in [0.2, 0.25) is 0 Å². The quantitative estimate of drug-likeness (QED) is 0.509. The third kappa shape index (κ3) is 7.51. The van der Waals surface area contributed by atoms with E-state index in [-0.39, 0.29) is 11.8 Å². The molecular weight excluding hydrogens is 436 g/mol. The molecule has 0 aromatic heterocycles. The van der Waals surface area contributed by atoms with Crippen molar-refractivity contribution in [1.29, 1.82) is 0 Å². The molecule has 2 amide bonds. The van der Waals surface area contributed by atoms with Crippen molar-refractivity contribution < 1.29 is 19.1 Å². The SMILES string of the molecule is COCCNC(=O)c1cccc(NC(=O)c2ccc(OCCC(C)C)c(Br)c2)c1. The number of carbonyl (C=O) groups is 2. The Morgan fingerprint density at radius 2 is 1.79 bits per heavy atom. The number of carbonyl (C=O) groups excluding carboxylic acids is 2. The topological polar surface area (TPSA) is 76.7 Å². The summed E-state index contributed by atoms with van der Waals surface area (Å²) in [5, 5.41) is 5.57. The molecule has 0 aliphatic carbocycles. The average molecular weight is 463 g/mol. The largest absolute Gasteiger partial charge is 0.492 e. The average Bonchev–Trinajstić information content (AvgIpc) is 2.69. The molecule has 0 unspecified atom stereocenters. The lowest BCUT2D eigenvalue weighted by Crippen LogP contribution is -2.27. The molecule has 0 fully saturated rings. The maximum absolute atomic E-state index is 12.6. The molecule has 156 valence electrons. The van der Waals surface area contributed by atoms with E-state index in [0.29, 0.717) is 48.2 Å². The summed E-state index contributed by atoms with van der Waals surface area (Å²) in [7, 11) is 1.57. The van der Waals surface area contributed by atoms with Crippen LogP contribution in [0.1, 0.15) is 41.0 Å². The number of rotatable bonds is 10. The maximum atomic E-state index is 12.6. The molecule has 29 heavy (non-hydrogen) atoms. The number of nitrogens with one attached hydrogen (secondary N) is 2. The van der Waals surface area contributed by atoms with Gasteiger partial charge < -0.3 is 20.1 Å². The minimum atomic E-state index is -0.267. The van der Waals surface area contributed by atoms with E-state index in [4.69, 9.17) is 9.47 Å². The molecule has 2 N–H and O–H groups in total. The van der Waals surface area contributed by atoms with Gasteiger partial charge in [-0.15, -0.1) is 0 Å². The Bertz CT molecular complexity index is 839. The second-order valence-corrected chi connectivity index (χ2v) is 7.81. The summed E-state index contributed by atoms with van der Waals surface area (Å²) in [4.78, 5) is 24.7. The van der Waals surface area contributed by atoms with Crippen molar-refractivity contribution in [3.05, 3.63) is 58.1 Å². The van der Waals surface area contributed by atoms with Gasteiger partial charge in [0.1, 0.15) is 5.75 Å². The lowest BCUT2D eigenvalue weighted by molar-refractivity contribution is 0.0936. The van der Waals surface area contributed by atoms with Crippen molar-refractivity contribution in [2.45, 2.75) is 20.3 Å². The number of ether oxygens (including phenoxy) is 2. The van der Waals surface area contributed by atoms with Crippen LogP contribution in [0.5, 0.6) is 5.75 Å². The number of methoxy groups -OCH3 is 1. The molecule has 0 radical (unpaired) electrons. The summed E-state index contributed by atoms with van der Waals surface area (Å²) < 4.78 is 11.4. The molecule has 2 rings (SSSR count). The van der Waals surface area contributed by atoms with Crippen molar-refractivity contribution in [1.82, 2.24) is 5.32 Å². The van der Waals surface area contributed by atoms with E-state index in [1.807, 2.05) is 0 Å². The standard InChI is InChI=1S/C22H27BrN2O4/c1-15(2)9-11-29-20-8-7-17(14-19(20)23)22(27)25-18-6-4-5-16(13-18)21(26)24-10-12-28-3/h4-8,13-15H,9-12H2,1-3H3,(H,24,26)(H,25,27). The first-order chi connectivity index (χ1) is 13.9. The van der Waals surface area contributed by atoms with Crippen LogP contribution in [-0.4, -0.2) is 38.7 Å². The minimum Gasteiger partial charge on any atom is -0.492 e. The van der Waals surface area contributed by atoms with Gasteiger partial charge in [-0.25, -0.2) is 0 Å². The first-order valence-corrected chi connectivity index (χ1v) is 10.3. The third-order valence-corrected chi connectivity index (χ3v) is 4.74. The fraction of sp³-hybridized carbons (Fsp3) is 0.364. The van der Waals surface area contributed by atoms with E-state index in [1.54, 1.807) is 49.6 Å². The van der Waals surface area contributed by atoms with Crippen LogP contribution in [0.15, 0.2) is 46.9 Å². The van der Waals surface area contributed by atoms with Gasteiger partial charge in [0.15, 0.2) is 0 Å². The van der Waals surface area contributed by atoms with Gasteiger partial charge in [0, 0.05) is 30.5 Å². The van der Waals surface area contributed by atoms with Crippen LogP contribution < -0.4 is 15.4 Å². The minimum absolute atomic E-state index is 0.219. The number of amides is 2. The number of anilines is 1. The normalized spacial score (nSPS) is 10.7. The second kappa shape index (κ2) is 11.6. The van der Waals surface area contributed by atoms with Gasteiger partial charge in [0.05, 0.1) is 17.7 Å². The Morgan fingerprint density at radius 1 is 1.03 bits per heavy atom. The lowest BCUT2D eigenvalue weighted by Gasteiger charge is -2.12. The van der Waals surface area contributed by atoms with Crippen LogP contribution >= 0.6 is 15.9 Å². The predicted molar refractivity (Wildman–Crippen MR) is 118 cm³/mol. The third-order valence-electron chi connectivity index (χ3n) is 4.12. The van der Waals surface area contributed by atoms with E-state index >= 15 is 0 Å². The Kier molecular flexibility index (Phi) is 9.15. The molecule has 0 spiro atoms. The zero-order valence-electron chi connectivity index (χ0n) is 17.0. The van der Waals surface area contributed by atoms with Gasteiger partial charge in [-0.1, -0.05) is 19.9 Å². The van der Waals surface area contributed by atoms with Crippen molar-refractivity contribution in [2.24, 2.45) is 5.92 Å². The Morgan fingerprint density at radius 3 is 2.48 bits per heavy atom. The number of hydrogen-bond acceptors (Lipinski definition) is 4. The van der Waals surface area contributed by atoms with Gasteiger partial charge in [-0.05, 0) is 64.7 Å². The summed E-state index contributed by atoms with van der Waals surface area (Å²) in [5.74, 6) is 0.786. The molecule has 6 nitrogen and oxygen atoms in total. The molecule has 7 heteroatoms. The molecule has 0 heterocycles. The summed E-state index contributed by atoms with van der Waals surface area (Å²) >= 11 is 3.46. The number of halogens is 1. The molecular formula is C22H27BrN2O4. The first-order valence-electron chi connectivity index (χ1n) is 9.51. The highest BCUT2D eigenvalue weighted by atomic mass is 79.9. The highest BCUT2D eigenvalue weighted by molar-refractivity contribution is 9.10. The fourth-order valence-corrected chi connectivity index (χ4v) is 2.97. The summed E-state index contributed by atoms with van der Waals surface area (Å²) in [6, 6.07) is 12.0. The lowest BCUT2D eigenvalue weighted by atomic mass is 10.1. The van der Waals surface area contributed by atoms with Crippen LogP contribution in [-0.2, 0) is 4.74 Å². The molecule has 2 aromatic rings. The van der Waals surface area contributed by atoms with Gasteiger partial charge in [-0.2, -0.15) is 0 Å². The van der Waals surface area contributed by atoms with E-state index in [1.165, 1.54) is 0 Å². The van der Waals surface area contributed by atoms with E-state index < -0.39 is 0 Å². The monoisotopic (exact) mass is 462 g/mol. The fourth-order valence-electron chi connectivity index (χ4n) is 2.47. The highest BCUT2D eigenvalue weighted by Gasteiger charge is 2.12. The second-order valence-electron chi connectivity index (χ2n) is 6.96. The Labute approximate surface area is 180 Å². The number of hydrogen-bond donors (Lipinski definition) is 2. The molecule has 0 atom stereocenters. The maximum Gasteiger partial charge on any atom is 0.255 e. The van der Waals surface area contributed by atoms with E-state index in [2.05, 4.69) is 40.4 Å². The summed E-state index contributed by atoms with van der Waals surface area (Å²) in [5.41, 5.74) is 1.50. The molecule has 0 aliphatic rings. The van der Waals surface area contributed by atoms with Gasteiger partial charge in [-0.3, -0.25) is 9.59 Å². The predicted octanol–water partition coefficient (Wildman–Crippen LogP) is 4.50. The molecule has 0 saturated heterocycles. The highest BCUT2D eigenvalue weighted by Crippen LogP contribution is 2.27. The number of benzene rings is 2.